The van der Waals surface area contributed by atoms with Gasteiger partial charge in [0.05, 0.1) is 17.1 Å². The van der Waals surface area contributed by atoms with Crippen molar-refractivity contribution in [2.24, 2.45) is 0 Å². The summed E-state index contributed by atoms with van der Waals surface area (Å²) in [6.07, 6.45) is 1.50. The molecule has 1 saturated heterocycles. The summed E-state index contributed by atoms with van der Waals surface area (Å²) in [6.45, 7) is 2.73. The highest BCUT2D eigenvalue weighted by Crippen LogP contribution is 2.52. The Bertz CT molecular complexity index is 1370. The van der Waals surface area contributed by atoms with Crippen LogP contribution in [0.3, 0.4) is 0 Å². The minimum absolute atomic E-state index is 0.0530. The van der Waals surface area contributed by atoms with Crippen LogP contribution in [-0.4, -0.2) is 43.0 Å². The van der Waals surface area contributed by atoms with Crippen LogP contribution in [0.15, 0.2) is 51.7 Å². The molecule has 0 saturated carbocycles. The number of para-hydroxylation sites is 1. The van der Waals surface area contributed by atoms with Gasteiger partial charge in [-0.2, -0.15) is 0 Å². The molecule has 2 aromatic carbocycles. The van der Waals surface area contributed by atoms with E-state index in [9.17, 15) is 14.4 Å². The average molecular weight is 430 g/mol. The Kier molecular flexibility index (Phi) is 3.93. The molecule has 3 aromatic rings. The van der Waals surface area contributed by atoms with Crippen LogP contribution >= 0.6 is 0 Å². The molecule has 0 radical (unpaired) electrons. The molecule has 2 amide bonds. The number of fused-ring (bicyclic) bond motifs is 5. The lowest BCUT2D eigenvalue weighted by atomic mass is 9.83. The number of hydrogen-bond donors (Lipinski definition) is 0. The molecule has 1 spiro atoms. The van der Waals surface area contributed by atoms with Crippen molar-refractivity contribution in [3.63, 3.8) is 0 Å². The number of nitrogens with zero attached hydrogens (tertiary/aromatic N) is 2. The number of benzene rings is 2. The first-order chi connectivity index (χ1) is 15.4. The topological polar surface area (TPSA) is 80.1 Å². The minimum Gasteiger partial charge on any atom is -0.450 e. The second-order valence-corrected chi connectivity index (χ2v) is 8.78. The van der Waals surface area contributed by atoms with Crippen molar-refractivity contribution in [3.8, 4) is 0 Å². The van der Waals surface area contributed by atoms with Gasteiger partial charge in [-0.15, -0.1) is 0 Å². The van der Waals surface area contributed by atoms with Crippen molar-refractivity contribution >= 4 is 28.5 Å². The van der Waals surface area contributed by atoms with E-state index in [0.717, 1.165) is 18.4 Å². The average Bonchev–Trinajstić information content (AvgIpc) is 3.45. The number of rotatable bonds is 2. The van der Waals surface area contributed by atoms with Gasteiger partial charge in [-0.25, -0.2) is 0 Å². The highest BCUT2D eigenvalue weighted by Gasteiger charge is 2.64. The summed E-state index contributed by atoms with van der Waals surface area (Å²) < 4.78 is 11.8. The van der Waals surface area contributed by atoms with E-state index >= 15 is 0 Å². The normalized spacial score (nSPS) is 24.1. The van der Waals surface area contributed by atoms with Crippen LogP contribution in [0.5, 0.6) is 0 Å². The number of ether oxygens (including phenoxy) is 1. The predicted molar refractivity (Wildman–Crippen MR) is 118 cm³/mol. The zero-order chi connectivity index (χ0) is 22.2. The van der Waals surface area contributed by atoms with Crippen molar-refractivity contribution in [2.45, 2.75) is 31.4 Å². The van der Waals surface area contributed by atoms with Gasteiger partial charge in [0.15, 0.2) is 11.0 Å². The smallest absolute Gasteiger partial charge is 0.291 e. The summed E-state index contributed by atoms with van der Waals surface area (Å²) >= 11 is 0. The third kappa shape index (κ3) is 2.26. The molecule has 4 heterocycles. The molecule has 2 atom stereocenters. The third-order valence-electron chi connectivity index (χ3n) is 6.93. The van der Waals surface area contributed by atoms with E-state index in [-0.39, 0.29) is 35.3 Å². The standard InChI is InChI=1S/C25H22N2O5/c1-14-9-10-19-16(12-14)21(28)20-22(32-19)23(29)27(13-15-6-5-11-31-15)25(20)17-7-3-4-8-18(17)26(2)24(25)30/h3-4,7-10,12,15H,5-6,11,13H2,1-2H3. The number of likely N-dealkylation sites (N-methyl/N-ethyl adjacent to an activating group) is 1. The maximum atomic E-state index is 13.9. The number of amides is 2. The first kappa shape index (κ1) is 19.3. The fourth-order valence-corrected chi connectivity index (χ4v) is 5.45. The highest BCUT2D eigenvalue weighted by molar-refractivity contribution is 6.16. The van der Waals surface area contributed by atoms with E-state index in [1.807, 2.05) is 37.3 Å². The van der Waals surface area contributed by atoms with Crippen molar-refractivity contribution < 1.29 is 18.7 Å². The summed E-state index contributed by atoms with van der Waals surface area (Å²) in [4.78, 5) is 44.6. The maximum Gasteiger partial charge on any atom is 0.291 e. The van der Waals surface area contributed by atoms with Gasteiger partial charge in [0, 0.05) is 31.5 Å². The van der Waals surface area contributed by atoms with Crippen LogP contribution in [0.4, 0.5) is 5.69 Å². The molecule has 7 nitrogen and oxygen atoms in total. The second-order valence-electron chi connectivity index (χ2n) is 8.78. The Labute approximate surface area is 184 Å². The monoisotopic (exact) mass is 430 g/mol. The van der Waals surface area contributed by atoms with Crippen LogP contribution in [0, 0.1) is 6.92 Å². The zero-order valence-corrected chi connectivity index (χ0v) is 17.9. The molecule has 0 bridgehead atoms. The van der Waals surface area contributed by atoms with E-state index in [0.29, 0.717) is 28.8 Å². The van der Waals surface area contributed by atoms with Gasteiger partial charge >= 0.3 is 0 Å². The highest BCUT2D eigenvalue weighted by atomic mass is 16.5. The predicted octanol–water partition coefficient (Wildman–Crippen LogP) is 2.96. The molecule has 162 valence electrons. The molecule has 32 heavy (non-hydrogen) atoms. The first-order valence-corrected chi connectivity index (χ1v) is 10.8. The molecule has 7 heteroatoms. The zero-order valence-electron chi connectivity index (χ0n) is 17.9. The molecule has 3 aliphatic heterocycles. The van der Waals surface area contributed by atoms with E-state index in [4.69, 9.17) is 9.15 Å². The van der Waals surface area contributed by atoms with Crippen LogP contribution in [0.1, 0.15) is 40.1 Å². The molecule has 1 aromatic heterocycles. The Morgan fingerprint density at radius 3 is 2.72 bits per heavy atom. The van der Waals surface area contributed by atoms with Gasteiger partial charge < -0.3 is 19.0 Å². The molecule has 0 aliphatic carbocycles. The van der Waals surface area contributed by atoms with Gasteiger partial charge in [0.2, 0.25) is 5.76 Å². The summed E-state index contributed by atoms with van der Waals surface area (Å²) in [7, 11) is 1.68. The van der Waals surface area contributed by atoms with Gasteiger partial charge in [0.1, 0.15) is 5.58 Å². The molecule has 6 rings (SSSR count). The van der Waals surface area contributed by atoms with Gasteiger partial charge in [-0.05, 0) is 38.0 Å². The number of carbonyl (C=O) groups excluding carboxylic acids is 2. The van der Waals surface area contributed by atoms with E-state index in [2.05, 4.69) is 0 Å². The summed E-state index contributed by atoms with van der Waals surface area (Å²) in [6, 6.07) is 12.6. The Balaban J connectivity index is 1.70. The summed E-state index contributed by atoms with van der Waals surface area (Å²) in [5.74, 6) is -0.834. The lowest BCUT2D eigenvalue weighted by molar-refractivity contribution is -0.126. The second kappa shape index (κ2) is 6.53. The largest absolute Gasteiger partial charge is 0.450 e. The quantitative estimate of drug-likeness (QED) is 0.625. The Hall–Kier alpha value is -3.45. The van der Waals surface area contributed by atoms with Gasteiger partial charge in [0.25, 0.3) is 11.8 Å². The van der Waals surface area contributed by atoms with Crippen molar-refractivity contribution in [2.75, 3.05) is 25.1 Å². The SMILES string of the molecule is Cc1ccc2oc3c(c(=O)c2c1)C1(C(=O)N(C)c2ccccc21)N(CC1CCCO1)C3=O. The summed E-state index contributed by atoms with van der Waals surface area (Å²) in [5, 5.41) is 0.370. The van der Waals surface area contributed by atoms with Crippen LogP contribution in [0.2, 0.25) is 0 Å². The summed E-state index contributed by atoms with van der Waals surface area (Å²) in [5.41, 5.74) is 0.758. The molecule has 1 fully saturated rings. The maximum absolute atomic E-state index is 13.9. The molecular formula is C25H22N2O5. The molecule has 2 unspecified atom stereocenters. The van der Waals surface area contributed by atoms with Gasteiger partial charge in [-0.1, -0.05) is 29.8 Å². The van der Waals surface area contributed by atoms with E-state index < -0.39 is 11.4 Å². The van der Waals surface area contributed by atoms with E-state index in [1.165, 1.54) is 9.80 Å². The van der Waals surface area contributed by atoms with Crippen LogP contribution < -0.4 is 10.3 Å². The number of carbonyl (C=O) groups is 2. The van der Waals surface area contributed by atoms with E-state index in [1.54, 1.807) is 19.2 Å². The first-order valence-electron chi connectivity index (χ1n) is 10.8. The molecule has 0 N–H and O–H groups in total. The van der Waals surface area contributed by atoms with Crippen molar-refractivity contribution in [3.05, 3.63) is 75.1 Å². The third-order valence-corrected chi connectivity index (χ3v) is 6.93. The van der Waals surface area contributed by atoms with Crippen LogP contribution in [0.25, 0.3) is 11.0 Å². The molecular weight excluding hydrogens is 408 g/mol. The van der Waals surface area contributed by atoms with Crippen molar-refractivity contribution in [1.29, 1.82) is 0 Å². The minimum atomic E-state index is -1.55. The lowest BCUT2D eigenvalue weighted by Gasteiger charge is -2.35. The Morgan fingerprint density at radius 1 is 1.12 bits per heavy atom. The van der Waals surface area contributed by atoms with Gasteiger partial charge in [-0.3, -0.25) is 14.4 Å². The Morgan fingerprint density at radius 2 is 1.94 bits per heavy atom. The fourth-order valence-electron chi connectivity index (χ4n) is 5.45. The number of aryl methyl sites for hydroxylation is 1. The van der Waals surface area contributed by atoms with Crippen LogP contribution in [-0.2, 0) is 15.1 Å². The number of hydrogen-bond acceptors (Lipinski definition) is 5. The number of anilines is 1. The molecule has 3 aliphatic rings. The fraction of sp³-hybridized carbons (Fsp3) is 0.320. The lowest BCUT2D eigenvalue weighted by Crippen LogP contribution is -2.54. The van der Waals surface area contributed by atoms with Crippen molar-refractivity contribution in [1.82, 2.24) is 4.90 Å².